The van der Waals surface area contributed by atoms with Gasteiger partial charge in [-0.25, -0.2) is 0 Å². The van der Waals surface area contributed by atoms with Gasteiger partial charge in [0.15, 0.2) is 12.1 Å². The molecule has 0 aromatic carbocycles. The van der Waals surface area contributed by atoms with Crippen LogP contribution in [-0.4, -0.2) is 48.2 Å². The van der Waals surface area contributed by atoms with Crippen LogP contribution in [0.15, 0.2) is 0 Å². The van der Waals surface area contributed by atoms with E-state index in [-0.39, 0.29) is 18.3 Å². The SMILES string of the molecule is CC1(C)O[C@@H]2O[C@H]3[C@@H](OC[C@H]3O)[C@H]2O1. The summed E-state index contributed by atoms with van der Waals surface area (Å²) in [4.78, 5) is 0. The first-order chi connectivity index (χ1) is 6.57. The molecule has 14 heavy (non-hydrogen) atoms. The fraction of sp³-hybridized carbons (Fsp3) is 1.00. The van der Waals surface area contributed by atoms with Gasteiger partial charge in [0.2, 0.25) is 0 Å². The first kappa shape index (κ1) is 9.06. The average molecular weight is 202 g/mol. The Bertz CT molecular complexity index is 254. The minimum Gasteiger partial charge on any atom is -0.388 e. The first-order valence-electron chi connectivity index (χ1n) is 4.88. The van der Waals surface area contributed by atoms with Crippen molar-refractivity contribution in [3.8, 4) is 0 Å². The maximum atomic E-state index is 9.52. The van der Waals surface area contributed by atoms with E-state index in [1.807, 2.05) is 13.8 Å². The molecular formula is C9H14O5. The third-order valence-corrected chi connectivity index (χ3v) is 2.87. The van der Waals surface area contributed by atoms with Crippen LogP contribution in [0.2, 0.25) is 0 Å². The van der Waals surface area contributed by atoms with Gasteiger partial charge in [0.1, 0.15) is 24.4 Å². The zero-order chi connectivity index (χ0) is 9.92. The Hall–Kier alpha value is -0.200. The normalized spacial score (nSPS) is 54.6. The third-order valence-electron chi connectivity index (χ3n) is 2.87. The van der Waals surface area contributed by atoms with Crippen molar-refractivity contribution in [3.05, 3.63) is 0 Å². The molecule has 0 bridgehead atoms. The van der Waals surface area contributed by atoms with Gasteiger partial charge in [0.05, 0.1) is 6.61 Å². The Labute approximate surface area is 81.9 Å². The summed E-state index contributed by atoms with van der Waals surface area (Å²) in [5.41, 5.74) is 0. The maximum absolute atomic E-state index is 9.52. The molecule has 3 heterocycles. The lowest BCUT2D eigenvalue weighted by atomic mass is 10.1. The molecule has 0 saturated carbocycles. The van der Waals surface area contributed by atoms with Crippen molar-refractivity contribution in [3.63, 3.8) is 0 Å². The standard InChI is InChI=1S/C9H14O5/c1-9(2)13-7-6-5(4(10)3-11-6)12-8(7)14-9/h4-8,10H,3H2,1-2H3/t4-,5-,6-,7-,8+/m1/s1. The number of ether oxygens (including phenoxy) is 4. The maximum Gasteiger partial charge on any atom is 0.190 e. The molecule has 3 rings (SSSR count). The van der Waals surface area contributed by atoms with Gasteiger partial charge in [-0.15, -0.1) is 0 Å². The van der Waals surface area contributed by atoms with Crippen molar-refractivity contribution in [2.45, 2.75) is 50.3 Å². The van der Waals surface area contributed by atoms with E-state index in [2.05, 4.69) is 0 Å². The highest BCUT2D eigenvalue weighted by Crippen LogP contribution is 2.41. The predicted octanol–water partition coefficient (Wildman–Crippen LogP) is -0.378. The summed E-state index contributed by atoms with van der Waals surface area (Å²) in [6.45, 7) is 4.01. The van der Waals surface area contributed by atoms with Crippen molar-refractivity contribution >= 4 is 0 Å². The molecule has 3 fully saturated rings. The van der Waals surface area contributed by atoms with E-state index in [0.29, 0.717) is 6.61 Å². The number of hydrogen-bond donors (Lipinski definition) is 1. The lowest BCUT2D eigenvalue weighted by molar-refractivity contribution is -0.214. The first-order valence-corrected chi connectivity index (χ1v) is 4.88. The van der Waals surface area contributed by atoms with Crippen molar-refractivity contribution < 1.29 is 24.1 Å². The van der Waals surface area contributed by atoms with Gasteiger partial charge in [0.25, 0.3) is 0 Å². The highest BCUT2D eigenvalue weighted by Gasteiger charge is 2.59. The minimum absolute atomic E-state index is 0.184. The fourth-order valence-corrected chi connectivity index (χ4v) is 2.31. The predicted molar refractivity (Wildman–Crippen MR) is 44.4 cm³/mol. The van der Waals surface area contributed by atoms with Crippen molar-refractivity contribution in [2.24, 2.45) is 0 Å². The highest BCUT2D eigenvalue weighted by atomic mass is 16.8. The second-order valence-electron chi connectivity index (χ2n) is 4.43. The van der Waals surface area contributed by atoms with E-state index >= 15 is 0 Å². The van der Waals surface area contributed by atoms with Gasteiger partial charge in [-0.1, -0.05) is 0 Å². The molecule has 0 aromatic rings. The van der Waals surface area contributed by atoms with Crippen LogP contribution in [0.4, 0.5) is 0 Å². The minimum atomic E-state index is -0.614. The largest absolute Gasteiger partial charge is 0.388 e. The molecule has 3 aliphatic heterocycles. The Balaban J connectivity index is 1.80. The zero-order valence-corrected chi connectivity index (χ0v) is 8.17. The van der Waals surface area contributed by atoms with Crippen LogP contribution in [0.3, 0.4) is 0 Å². The molecule has 80 valence electrons. The van der Waals surface area contributed by atoms with E-state index in [1.165, 1.54) is 0 Å². The van der Waals surface area contributed by atoms with E-state index in [1.54, 1.807) is 0 Å². The summed E-state index contributed by atoms with van der Waals surface area (Å²) < 4.78 is 22.1. The molecule has 3 saturated heterocycles. The molecule has 0 aliphatic carbocycles. The number of hydrogen-bond acceptors (Lipinski definition) is 5. The molecule has 5 heteroatoms. The summed E-state index contributed by atoms with van der Waals surface area (Å²) >= 11 is 0. The average Bonchev–Trinajstić information content (AvgIpc) is 2.63. The number of rotatable bonds is 0. The Morgan fingerprint density at radius 2 is 1.93 bits per heavy atom. The molecule has 0 amide bonds. The molecule has 5 nitrogen and oxygen atoms in total. The third kappa shape index (κ3) is 1.14. The lowest BCUT2D eigenvalue weighted by Crippen LogP contribution is -2.35. The van der Waals surface area contributed by atoms with Crippen LogP contribution in [0.25, 0.3) is 0 Å². The van der Waals surface area contributed by atoms with E-state index < -0.39 is 18.2 Å². The molecule has 0 spiro atoms. The van der Waals surface area contributed by atoms with Crippen LogP contribution in [-0.2, 0) is 18.9 Å². The van der Waals surface area contributed by atoms with Crippen molar-refractivity contribution in [1.29, 1.82) is 0 Å². The Morgan fingerprint density at radius 3 is 2.71 bits per heavy atom. The molecular weight excluding hydrogens is 188 g/mol. The van der Waals surface area contributed by atoms with Gasteiger partial charge in [-0.2, -0.15) is 0 Å². The zero-order valence-electron chi connectivity index (χ0n) is 8.17. The monoisotopic (exact) mass is 202 g/mol. The van der Waals surface area contributed by atoms with Crippen molar-refractivity contribution in [2.75, 3.05) is 6.61 Å². The van der Waals surface area contributed by atoms with Crippen LogP contribution >= 0.6 is 0 Å². The molecule has 1 N–H and O–H groups in total. The second kappa shape index (κ2) is 2.68. The number of aliphatic hydroxyl groups excluding tert-OH is 1. The van der Waals surface area contributed by atoms with Crippen LogP contribution in [0.1, 0.15) is 13.8 Å². The van der Waals surface area contributed by atoms with E-state index in [9.17, 15) is 5.11 Å². The Morgan fingerprint density at radius 1 is 1.14 bits per heavy atom. The van der Waals surface area contributed by atoms with E-state index in [4.69, 9.17) is 18.9 Å². The molecule has 0 radical (unpaired) electrons. The summed E-state index contributed by atoms with van der Waals surface area (Å²) in [6, 6.07) is 0. The molecule has 0 unspecified atom stereocenters. The number of fused-ring (bicyclic) bond motifs is 3. The summed E-state index contributed by atoms with van der Waals surface area (Å²) in [5.74, 6) is -0.614. The highest BCUT2D eigenvalue weighted by molar-refractivity contribution is 5.00. The molecule has 0 aromatic heterocycles. The molecule has 3 aliphatic rings. The van der Waals surface area contributed by atoms with Crippen LogP contribution in [0.5, 0.6) is 0 Å². The number of aliphatic hydroxyl groups is 1. The van der Waals surface area contributed by atoms with Crippen LogP contribution < -0.4 is 0 Å². The smallest absolute Gasteiger partial charge is 0.190 e. The topological polar surface area (TPSA) is 57.2 Å². The molecule has 5 atom stereocenters. The van der Waals surface area contributed by atoms with E-state index in [0.717, 1.165) is 0 Å². The summed E-state index contributed by atoms with van der Waals surface area (Å²) in [5, 5.41) is 9.52. The van der Waals surface area contributed by atoms with Gasteiger partial charge in [-0.05, 0) is 13.8 Å². The van der Waals surface area contributed by atoms with Crippen LogP contribution in [0, 0.1) is 0 Å². The second-order valence-corrected chi connectivity index (χ2v) is 4.43. The lowest BCUT2D eigenvalue weighted by Gasteiger charge is -2.21. The van der Waals surface area contributed by atoms with Crippen molar-refractivity contribution in [1.82, 2.24) is 0 Å². The van der Waals surface area contributed by atoms with Gasteiger partial charge in [0, 0.05) is 0 Å². The van der Waals surface area contributed by atoms with Gasteiger partial charge < -0.3 is 24.1 Å². The quantitative estimate of drug-likeness (QED) is 0.580. The van der Waals surface area contributed by atoms with Gasteiger partial charge >= 0.3 is 0 Å². The Kier molecular flexibility index (Phi) is 1.73. The fourth-order valence-electron chi connectivity index (χ4n) is 2.31. The van der Waals surface area contributed by atoms with Gasteiger partial charge in [-0.3, -0.25) is 0 Å². The summed E-state index contributed by atoms with van der Waals surface area (Å²) in [6.07, 6.45) is -1.62. The summed E-state index contributed by atoms with van der Waals surface area (Å²) in [7, 11) is 0.